The summed E-state index contributed by atoms with van der Waals surface area (Å²) in [6.45, 7) is 2.79. The van der Waals surface area contributed by atoms with Crippen molar-refractivity contribution in [3.63, 3.8) is 0 Å². The smallest absolute Gasteiger partial charge is 0.315 e. The van der Waals surface area contributed by atoms with Crippen LogP contribution in [0.1, 0.15) is 23.1 Å². The molecule has 0 bridgehead atoms. The largest absolute Gasteiger partial charge is 0.416 e. The zero-order chi connectivity index (χ0) is 16.4. The van der Waals surface area contributed by atoms with E-state index in [1.165, 1.54) is 0 Å². The van der Waals surface area contributed by atoms with E-state index in [-0.39, 0.29) is 30.6 Å². The summed E-state index contributed by atoms with van der Waals surface area (Å²) in [5, 5.41) is 3.13. The highest BCUT2D eigenvalue weighted by Gasteiger charge is 2.36. The molecule has 1 saturated heterocycles. The van der Waals surface area contributed by atoms with E-state index < -0.39 is 23.5 Å². The molecule has 132 valence electrons. The summed E-state index contributed by atoms with van der Waals surface area (Å²) in [6.07, 6.45) is -8.78. The molecule has 0 spiro atoms. The minimum atomic E-state index is -4.80. The Balaban J connectivity index is 0.00000264. The lowest BCUT2D eigenvalue weighted by molar-refractivity contribution is -0.143. The second-order valence-electron chi connectivity index (χ2n) is 5.29. The average Bonchev–Trinajstić information content (AvgIpc) is 2.65. The maximum absolute atomic E-state index is 12.8. The molecular formula is C14H17ClF6N2. The number of nitrogens with zero attached hydrogens (tertiary/aromatic N) is 1. The molecule has 0 radical (unpaired) electrons. The Morgan fingerprint density at radius 1 is 0.870 bits per heavy atom. The van der Waals surface area contributed by atoms with Crippen molar-refractivity contribution in [3.8, 4) is 0 Å². The first-order chi connectivity index (χ1) is 10.2. The van der Waals surface area contributed by atoms with E-state index in [2.05, 4.69) is 5.32 Å². The van der Waals surface area contributed by atoms with Gasteiger partial charge in [0.2, 0.25) is 0 Å². The van der Waals surface area contributed by atoms with Gasteiger partial charge in [-0.05, 0) is 43.3 Å². The van der Waals surface area contributed by atoms with Crippen molar-refractivity contribution in [2.45, 2.75) is 25.3 Å². The van der Waals surface area contributed by atoms with Crippen molar-refractivity contribution in [2.24, 2.45) is 0 Å². The van der Waals surface area contributed by atoms with Crippen LogP contribution in [0.5, 0.6) is 0 Å². The van der Waals surface area contributed by atoms with Gasteiger partial charge in [-0.3, -0.25) is 4.90 Å². The highest BCUT2D eigenvalue weighted by molar-refractivity contribution is 5.85. The predicted molar refractivity (Wildman–Crippen MR) is 76.5 cm³/mol. The molecule has 0 amide bonds. The molecule has 9 heteroatoms. The van der Waals surface area contributed by atoms with Crippen molar-refractivity contribution in [1.82, 2.24) is 10.2 Å². The van der Waals surface area contributed by atoms with Gasteiger partial charge in [0.15, 0.2) is 0 Å². The van der Waals surface area contributed by atoms with Crippen molar-refractivity contribution in [2.75, 3.05) is 26.2 Å². The molecule has 1 heterocycles. The molecule has 0 aliphatic carbocycles. The molecule has 1 aromatic carbocycles. The van der Waals surface area contributed by atoms with Crippen molar-refractivity contribution in [1.29, 1.82) is 0 Å². The topological polar surface area (TPSA) is 15.3 Å². The average molecular weight is 363 g/mol. The van der Waals surface area contributed by atoms with Crippen LogP contribution in [-0.4, -0.2) is 31.1 Å². The molecule has 1 aliphatic rings. The van der Waals surface area contributed by atoms with E-state index in [4.69, 9.17) is 0 Å². The molecule has 2 rings (SSSR count). The van der Waals surface area contributed by atoms with Gasteiger partial charge < -0.3 is 5.32 Å². The molecule has 0 atom stereocenters. The summed E-state index contributed by atoms with van der Waals surface area (Å²) in [5.74, 6) is 0. The molecule has 0 aromatic heterocycles. The molecular weight excluding hydrogens is 346 g/mol. The molecule has 1 aliphatic heterocycles. The van der Waals surface area contributed by atoms with Crippen LogP contribution in [0.25, 0.3) is 0 Å². The first-order valence-electron chi connectivity index (χ1n) is 6.88. The Bertz CT molecular complexity index is 475. The van der Waals surface area contributed by atoms with Crippen LogP contribution in [0.3, 0.4) is 0 Å². The van der Waals surface area contributed by atoms with Crippen LogP contribution < -0.4 is 5.32 Å². The third kappa shape index (κ3) is 5.86. The number of hydrogen-bond donors (Lipinski definition) is 1. The molecule has 23 heavy (non-hydrogen) atoms. The molecule has 0 unspecified atom stereocenters. The van der Waals surface area contributed by atoms with E-state index in [1.54, 1.807) is 0 Å². The summed E-state index contributed by atoms with van der Waals surface area (Å²) in [5.41, 5.74) is -2.49. The van der Waals surface area contributed by atoms with E-state index >= 15 is 0 Å². The van der Waals surface area contributed by atoms with Gasteiger partial charge >= 0.3 is 12.4 Å². The summed E-state index contributed by atoms with van der Waals surface area (Å²) in [4.78, 5) is 1.86. The zero-order valence-corrected chi connectivity index (χ0v) is 12.9. The number of halogens is 7. The van der Waals surface area contributed by atoms with Gasteiger partial charge in [-0.15, -0.1) is 12.4 Å². The third-order valence-electron chi connectivity index (χ3n) is 3.49. The maximum Gasteiger partial charge on any atom is 0.416 e. The Kier molecular flexibility index (Phi) is 6.73. The summed E-state index contributed by atoms with van der Waals surface area (Å²) < 4.78 is 76.7. The summed E-state index contributed by atoms with van der Waals surface area (Å²) >= 11 is 0. The molecule has 0 saturated carbocycles. The number of nitrogens with one attached hydrogen (secondary N) is 1. The fraction of sp³-hybridized carbons (Fsp3) is 0.571. The van der Waals surface area contributed by atoms with E-state index in [0.717, 1.165) is 25.1 Å². The van der Waals surface area contributed by atoms with Crippen LogP contribution in [-0.2, 0) is 18.9 Å². The SMILES string of the molecule is Cl.FC(F)(F)c1cc(CN2CCCNCC2)cc(C(F)(F)F)c1. The lowest BCUT2D eigenvalue weighted by Crippen LogP contribution is -2.28. The van der Waals surface area contributed by atoms with Crippen LogP contribution in [0.2, 0.25) is 0 Å². The van der Waals surface area contributed by atoms with E-state index in [0.29, 0.717) is 19.6 Å². The Morgan fingerprint density at radius 2 is 1.43 bits per heavy atom. The first kappa shape index (κ1) is 20.1. The number of benzene rings is 1. The number of alkyl halides is 6. The number of rotatable bonds is 2. The minimum absolute atomic E-state index is 0. The Hall–Kier alpha value is -0.990. The molecule has 2 nitrogen and oxygen atoms in total. The van der Waals surface area contributed by atoms with Gasteiger partial charge in [0.05, 0.1) is 11.1 Å². The van der Waals surface area contributed by atoms with Crippen LogP contribution in [0.4, 0.5) is 26.3 Å². The van der Waals surface area contributed by atoms with Gasteiger partial charge in [-0.1, -0.05) is 0 Å². The lowest BCUT2D eigenvalue weighted by Gasteiger charge is -2.21. The normalized spacial score (nSPS) is 17.5. The van der Waals surface area contributed by atoms with Crippen LogP contribution in [0, 0.1) is 0 Å². The van der Waals surface area contributed by atoms with Crippen LogP contribution >= 0.6 is 12.4 Å². The highest BCUT2D eigenvalue weighted by atomic mass is 35.5. The van der Waals surface area contributed by atoms with Gasteiger partial charge in [0.25, 0.3) is 0 Å². The predicted octanol–water partition coefficient (Wildman–Crippen LogP) is 3.94. The van der Waals surface area contributed by atoms with Gasteiger partial charge in [0.1, 0.15) is 0 Å². The Labute approximate surface area is 136 Å². The fourth-order valence-electron chi connectivity index (χ4n) is 2.43. The number of hydrogen-bond acceptors (Lipinski definition) is 2. The second kappa shape index (κ2) is 7.72. The summed E-state index contributed by atoms with van der Waals surface area (Å²) in [6, 6.07) is 1.76. The Morgan fingerprint density at radius 3 is 1.96 bits per heavy atom. The fourth-order valence-corrected chi connectivity index (χ4v) is 2.43. The standard InChI is InChI=1S/C14H16F6N2.ClH/c15-13(16,17)11-6-10(7-12(8-11)14(18,19)20)9-22-4-1-2-21-3-5-22;/h6-8,21H,1-5,9H2;1H. The van der Waals surface area contributed by atoms with E-state index in [9.17, 15) is 26.3 Å². The lowest BCUT2D eigenvalue weighted by atomic mass is 10.0. The summed E-state index contributed by atoms with van der Waals surface area (Å²) in [7, 11) is 0. The zero-order valence-electron chi connectivity index (χ0n) is 12.1. The molecule has 1 fully saturated rings. The monoisotopic (exact) mass is 362 g/mol. The minimum Gasteiger partial charge on any atom is -0.315 e. The van der Waals surface area contributed by atoms with Gasteiger partial charge in [-0.25, -0.2) is 0 Å². The van der Waals surface area contributed by atoms with E-state index in [1.807, 2.05) is 4.90 Å². The van der Waals surface area contributed by atoms with Crippen molar-refractivity contribution in [3.05, 3.63) is 34.9 Å². The van der Waals surface area contributed by atoms with Crippen molar-refractivity contribution >= 4 is 12.4 Å². The molecule has 1 aromatic rings. The highest BCUT2D eigenvalue weighted by Crippen LogP contribution is 2.36. The van der Waals surface area contributed by atoms with Crippen LogP contribution in [0.15, 0.2) is 18.2 Å². The second-order valence-corrected chi connectivity index (χ2v) is 5.29. The maximum atomic E-state index is 12.8. The van der Waals surface area contributed by atoms with Crippen molar-refractivity contribution < 1.29 is 26.3 Å². The van der Waals surface area contributed by atoms with Gasteiger partial charge in [0, 0.05) is 19.6 Å². The van der Waals surface area contributed by atoms with Gasteiger partial charge in [-0.2, -0.15) is 26.3 Å². The third-order valence-corrected chi connectivity index (χ3v) is 3.49. The quantitative estimate of drug-likeness (QED) is 0.802. The molecule has 1 N–H and O–H groups in total. The first-order valence-corrected chi connectivity index (χ1v) is 6.88.